The molecule has 0 aromatic carbocycles. The average molecular weight is 460 g/mol. The number of ether oxygens (including phenoxy) is 1. The van der Waals surface area contributed by atoms with E-state index >= 15 is 0 Å². The van der Waals surface area contributed by atoms with Gasteiger partial charge in [-0.05, 0) is 31.7 Å². The highest BCUT2D eigenvalue weighted by Crippen LogP contribution is 2.36. The van der Waals surface area contributed by atoms with Crippen LogP contribution < -0.4 is 21.1 Å². The van der Waals surface area contributed by atoms with Crippen LogP contribution in [-0.2, 0) is 11.3 Å². The lowest BCUT2D eigenvalue weighted by molar-refractivity contribution is -0.128. The van der Waals surface area contributed by atoms with Crippen LogP contribution in [0.2, 0.25) is 0 Å². The van der Waals surface area contributed by atoms with E-state index in [0.29, 0.717) is 29.8 Å². The van der Waals surface area contributed by atoms with Crippen LogP contribution in [0.3, 0.4) is 0 Å². The summed E-state index contributed by atoms with van der Waals surface area (Å²) in [5.41, 5.74) is 5.85. The highest BCUT2D eigenvalue weighted by atomic mass is 19.3. The molecule has 2 aromatic heterocycles. The molecule has 1 aliphatic carbocycles. The predicted octanol–water partition coefficient (Wildman–Crippen LogP) is 3.24. The second kappa shape index (κ2) is 9.94. The number of aromatic nitrogens is 3. The van der Waals surface area contributed by atoms with Crippen molar-refractivity contribution < 1.29 is 18.3 Å². The van der Waals surface area contributed by atoms with E-state index in [1.54, 1.807) is 12.1 Å². The lowest BCUT2D eigenvalue weighted by Gasteiger charge is -2.35. The van der Waals surface area contributed by atoms with E-state index in [2.05, 4.69) is 31.7 Å². The fourth-order valence-corrected chi connectivity index (χ4v) is 3.56. The number of hydrogen-bond donors (Lipinski definition) is 3. The number of carbonyl (C=O) groups is 1. The van der Waals surface area contributed by atoms with Crippen LogP contribution in [0.4, 0.5) is 20.5 Å². The van der Waals surface area contributed by atoms with Gasteiger partial charge in [0.1, 0.15) is 17.5 Å². The molecule has 0 spiro atoms. The average Bonchev–Trinajstić information content (AvgIpc) is 2.78. The normalized spacial score (nSPS) is 20.5. The number of alkyl halides is 2. The smallest absolute Gasteiger partial charge is 0.278 e. The van der Waals surface area contributed by atoms with Crippen LogP contribution in [0.5, 0.6) is 5.88 Å². The zero-order valence-electron chi connectivity index (χ0n) is 18.6. The summed E-state index contributed by atoms with van der Waals surface area (Å²) in [6, 6.07) is 5.48. The van der Waals surface area contributed by atoms with Gasteiger partial charge >= 0.3 is 0 Å². The van der Waals surface area contributed by atoms with E-state index in [9.17, 15) is 18.8 Å². The van der Waals surface area contributed by atoms with Crippen molar-refractivity contribution in [1.29, 1.82) is 5.26 Å². The zero-order chi connectivity index (χ0) is 24.1. The van der Waals surface area contributed by atoms with Crippen molar-refractivity contribution in [3.8, 4) is 11.9 Å². The van der Waals surface area contributed by atoms with E-state index in [1.807, 2.05) is 6.92 Å². The minimum atomic E-state index is -2.98. The van der Waals surface area contributed by atoms with Gasteiger partial charge in [0.2, 0.25) is 17.7 Å². The van der Waals surface area contributed by atoms with Gasteiger partial charge in [0.15, 0.2) is 6.61 Å². The Kier molecular flexibility index (Phi) is 7.26. The van der Waals surface area contributed by atoms with E-state index in [1.165, 1.54) is 12.4 Å². The van der Waals surface area contributed by atoms with Crippen LogP contribution in [-0.4, -0.2) is 39.4 Å². The van der Waals surface area contributed by atoms with Crippen molar-refractivity contribution in [2.75, 3.05) is 17.2 Å². The molecule has 0 radical (unpaired) electrons. The molecule has 11 heteroatoms. The number of nitrogens with one attached hydrogen (secondary N) is 2. The Labute approximate surface area is 190 Å². The molecule has 4 N–H and O–H groups in total. The van der Waals surface area contributed by atoms with Gasteiger partial charge in [-0.3, -0.25) is 4.79 Å². The summed E-state index contributed by atoms with van der Waals surface area (Å²) in [4.78, 5) is 24.2. The minimum Gasteiger partial charge on any atom is -0.471 e. The van der Waals surface area contributed by atoms with Crippen molar-refractivity contribution in [2.45, 2.75) is 58.0 Å². The fraction of sp³-hybridized carbons (Fsp3) is 0.500. The number of anilines is 2. The zero-order valence-corrected chi connectivity index (χ0v) is 18.6. The third-order valence-electron chi connectivity index (χ3n) is 5.68. The first kappa shape index (κ1) is 24.1. The first-order chi connectivity index (χ1) is 15.6. The molecule has 1 saturated carbocycles. The van der Waals surface area contributed by atoms with E-state index < -0.39 is 17.9 Å². The van der Waals surface area contributed by atoms with E-state index in [4.69, 9.17) is 10.5 Å². The molecule has 1 amide bonds. The number of rotatable bonds is 9. The Hall–Kier alpha value is -3.55. The number of nitrogens with two attached hydrogens (primary N) is 1. The number of primary amides is 1. The first-order valence-corrected chi connectivity index (χ1v) is 10.6. The summed E-state index contributed by atoms with van der Waals surface area (Å²) in [5.74, 6) is -2.54. The third kappa shape index (κ3) is 6.47. The van der Waals surface area contributed by atoms with Crippen LogP contribution >= 0.6 is 0 Å². The first-order valence-electron chi connectivity index (χ1n) is 10.6. The van der Waals surface area contributed by atoms with Crippen LogP contribution in [0, 0.1) is 16.7 Å². The van der Waals surface area contributed by atoms with Crippen molar-refractivity contribution in [1.82, 2.24) is 15.0 Å². The Morgan fingerprint density at radius 3 is 2.76 bits per heavy atom. The molecule has 1 fully saturated rings. The maximum Gasteiger partial charge on any atom is 0.278 e. The van der Waals surface area contributed by atoms with Gasteiger partial charge in [-0.25, -0.2) is 18.7 Å². The van der Waals surface area contributed by atoms with Crippen LogP contribution in [0.1, 0.15) is 50.7 Å². The van der Waals surface area contributed by atoms with Gasteiger partial charge in [0, 0.05) is 36.7 Å². The van der Waals surface area contributed by atoms with Gasteiger partial charge < -0.3 is 21.1 Å². The van der Waals surface area contributed by atoms with Crippen molar-refractivity contribution in [2.24, 2.45) is 11.1 Å². The molecular weight excluding hydrogens is 432 g/mol. The molecule has 0 aliphatic heterocycles. The number of hydrogen-bond acceptors (Lipinski definition) is 8. The second-order valence-corrected chi connectivity index (χ2v) is 8.59. The number of carbonyl (C=O) groups excluding carboxylic acids is 1. The highest BCUT2D eigenvalue weighted by Gasteiger charge is 2.36. The maximum absolute atomic E-state index is 13.1. The number of amides is 1. The monoisotopic (exact) mass is 459 g/mol. The largest absolute Gasteiger partial charge is 0.471 e. The SMILES string of the molecule is CC(F)(F)COc1ncccc1CNc1ncc(C#N)c(NC2CCC(C)(C(N)=O)CC2)n1. The van der Waals surface area contributed by atoms with Crippen molar-refractivity contribution in [3.05, 3.63) is 35.7 Å². The summed E-state index contributed by atoms with van der Waals surface area (Å²) in [6.07, 6.45) is 5.61. The molecule has 0 atom stereocenters. The summed E-state index contributed by atoms with van der Waals surface area (Å²) >= 11 is 0. The molecule has 0 bridgehead atoms. The quantitative estimate of drug-likeness (QED) is 0.519. The molecule has 9 nitrogen and oxygen atoms in total. The lowest BCUT2D eigenvalue weighted by atomic mass is 9.73. The topological polar surface area (TPSA) is 139 Å². The third-order valence-corrected chi connectivity index (χ3v) is 5.68. The molecule has 3 rings (SSSR count). The Balaban J connectivity index is 1.66. The summed E-state index contributed by atoms with van der Waals surface area (Å²) in [5, 5.41) is 15.7. The Bertz CT molecular complexity index is 1030. The van der Waals surface area contributed by atoms with E-state index in [-0.39, 0.29) is 30.3 Å². The van der Waals surface area contributed by atoms with Gasteiger partial charge in [-0.15, -0.1) is 0 Å². The molecule has 2 aromatic rings. The predicted molar refractivity (Wildman–Crippen MR) is 118 cm³/mol. The second-order valence-electron chi connectivity index (χ2n) is 8.59. The summed E-state index contributed by atoms with van der Waals surface area (Å²) in [7, 11) is 0. The molecule has 2 heterocycles. The number of halogens is 2. The molecule has 1 aliphatic rings. The van der Waals surface area contributed by atoms with Crippen LogP contribution in [0.25, 0.3) is 0 Å². The van der Waals surface area contributed by atoms with E-state index in [0.717, 1.165) is 19.8 Å². The van der Waals surface area contributed by atoms with Gasteiger partial charge in [-0.1, -0.05) is 13.0 Å². The van der Waals surface area contributed by atoms with Gasteiger partial charge in [0.25, 0.3) is 5.92 Å². The number of pyridine rings is 1. The van der Waals surface area contributed by atoms with Crippen molar-refractivity contribution in [3.63, 3.8) is 0 Å². The Morgan fingerprint density at radius 2 is 2.12 bits per heavy atom. The summed E-state index contributed by atoms with van der Waals surface area (Å²) < 4.78 is 31.4. The molecule has 0 saturated heterocycles. The number of nitrogens with zero attached hydrogens (tertiary/aromatic N) is 4. The fourth-order valence-electron chi connectivity index (χ4n) is 3.56. The summed E-state index contributed by atoms with van der Waals surface area (Å²) in [6.45, 7) is 2.05. The molecule has 33 heavy (non-hydrogen) atoms. The highest BCUT2D eigenvalue weighted by molar-refractivity contribution is 5.80. The van der Waals surface area contributed by atoms with Gasteiger partial charge in [-0.2, -0.15) is 10.2 Å². The molecular formula is C22H27F2N7O2. The van der Waals surface area contributed by atoms with Gasteiger partial charge in [0.05, 0.1) is 6.20 Å². The lowest BCUT2D eigenvalue weighted by Crippen LogP contribution is -2.40. The molecule has 176 valence electrons. The standard InChI is InChI=1S/C22H27F2N7O2/c1-21(19(26)32)7-5-16(6-8-21)30-17-15(10-25)12-29-20(31-17)28-11-14-4-3-9-27-18(14)33-13-22(2,23)24/h3-4,9,12,16H,5-8,11,13H2,1-2H3,(H2,26,32)(H2,28,29,30,31). The Morgan fingerprint density at radius 1 is 1.39 bits per heavy atom. The molecule has 0 unspecified atom stereocenters. The van der Waals surface area contributed by atoms with Crippen molar-refractivity contribution >= 4 is 17.7 Å². The van der Waals surface area contributed by atoms with Crippen LogP contribution in [0.15, 0.2) is 24.5 Å². The maximum atomic E-state index is 13.1. The number of nitriles is 1. The minimum absolute atomic E-state index is 0.0429.